The van der Waals surface area contributed by atoms with Crippen molar-refractivity contribution in [1.29, 1.82) is 0 Å². The van der Waals surface area contributed by atoms with Crippen LogP contribution in [0.5, 0.6) is 11.5 Å². The maximum absolute atomic E-state index is 9.83. The Bertz CT molecular complexity index is 569. The zero-order valence-corrected chi connectivity index (χ0v) is 10.1. The van der Waals surface area contributed by atoms with Crippen molar-refractivity contribution in [2.45, 2.75) is 6.92 Å². The Morgan fingerprint density at radius 2 is 1.78 bits per heavy atom. The summed E-state index contributed by atoms with van der Waals surface area (Å²) < 4.78 is 4.94. The molecule has 3 nitrogen and oxygen atoms in total. The minimum absolute atomic E-state index is 0.0225. The molecule has 2 N–H and O–H groups in total. The second kappa shape index (κ2) is 4.84. The molecular weight excluding hydrogens is 228 g/mol. The van der Waals surface area contributed by atoms with E-state index in [1.54, 1.807) is 37.7 Å². The molecule has 92 valence electrons. The molecule has 18 heavy (non-hydrogen) atoms. The topological polar surface area (TPSA) is 53.6 Å². The lowest BCUT2D eigenvalue weighted by Crippen LogP contribution is -1.83. The molecule has 0 aliphatic heterocycles. The SMILES string of the molecule is C=C(C)c1c(O)cc(/C=C/c2ccoc2)cc1O. The Kier molecular flexibility index (Phi) is 3.24. The summed E-state index contributed by atoms with van der Waals surface area (Å²) in [6, 6.07) is 4.99. The van der Waals surface area contributed by atoms with E-state index in [1.807, 2.05) is 12.1 Å². The van der Waals surface area contributed by atoms with E-state index in [-0.39, 0.29) is 11.5 Å². The third-order valence-electron chi connectivity index (χ3n) is 2.56. The second-order valence-corrected chi connectivity index (χ2v) is 4.10. The Morgan fingerprint density at radius 3 is 2.28 bits per heavy atom. The predicted molar refractivity (Wildman–Crippen MR) is 72.1 cm³/mol. The van der Waals surface area contributed by atoms with Crippen LogP contribution in [0.4, 0.5) is 0 Å². The molecular formula is C15H14O3. The Hall–Kier alpha value is -2.42. The Labute approximate surface area is 105 Å². The van der Waals surface area contributed by atoms with Gasteiger partial charge in [-0.2, -0.15) is 0 Å². The number of phenols is 2. The highest BCUT2D eigenvalue weighted by molar-refractivity contribution is 5.77. The first-order chi connectivity index (χ1) is 8.58. The van der Waals surface area contributed by atoms with E-state index in [0.29, 0.717) is 16.7 Å². The first-order valence-corrected chi connectivity index (χ1v) is 5.50. The van der Waals surface area contributed by atoms with Crippen molar-refractivity contribution in [2.75, 3.05) is 0 Å². The number of phenolic OH excluding ortho intramolecular Hbond substituents is 2. The summed E-state index contributed by atoms with van der Waals surface area (Å²) in [5.41, 5.74) is 2.62. The smallest absolute Gasteiger partial charge is 0.127 e. The van der Waals surface area contributed by atoms with E-state index in [0.717, 1.165) is 5.56 Å². The highest BCUT2D eigenvalue weighted by atomic mass is 16.3. The fraction of sp³-hybridized carbons (Fsp3) is 0.0667. The van der Waals surface area contributed by atoms with Gasteiger partial charge in [-0.25, -0.2) is 0 Å². The number of hydrogen-bond donors (Lipinski definition) is 2. The van der Waals surface area contributed by atoms with Gasteiger partial charge in [0.25, 0.3) is 0 Å². The summed E-state index contributed by atoms with van der Waals surface area (Å²) in [4.78, 5) is 0. The molecule has 2 rings (SSSR count). The predicted octanol–water partition coefficient (Wildman–Crippen LogP) is 3.89. The van der Waals surface area contributed by atoms with Crippen molar-refractivity contribution >= 4 is 17.7 Å². The van der Waals surface area contributed by atoms with E-state index in [2.05, 4.69) is 6.58 Å². The molecule has 1 aromatic carbocycles. The maximum atomic E-state index is 9.83. The van der Waals surface area contributed by atoms with E-state index < -0.39 is 0 Å². The molecule has 0 atom stereocenters. The monoisotopic (exact) mass is 242 g/mol. The Balaban J connectivity index is 2.34. The normalized spacial score (nSPS) is 10.9. The van der Waals surface area contributed by atoms with Crippen LogP contribution in [0.15, 0.2) is 41.7 Å². The lowest BCUT2D eigenvalue weighted by Gasteiger charge is -2.07. The van der Waals surface area contributed by atoms with E-state index >= 15 is 0 Å². The summed E-state index contributed by atoms with van der Waals surface area (Å²) >= 11 is 0. The number of rotatable bonds is 3. The van der Waals surface area contributed by atoms with Crippen LogP contribution in [0.3, 0.4) is 0 Å². The van der Waals surface area contributed by atoms with Crippen molar-refractivity contribution in [3.8, 4) is 11.5 Å². The van der Waals surface area contributed by atoms with Crippen molar-refractivity contribution in [1.82, 2.24) is 0 Å². The molecule has 0 spiro atoms. The van der Waals surface area contributed by atoms with Crippen molar-refractivity contribution in [2.24, 2.45) is 0 Å². The molecule has 1 aromatic heterocycles. The molecule has 0 amide bonds. The number of hydrogen-bond acceptors (Lipinski definition) is 3. The average Bonchev–Trinajstić information content (AvgIpc) is 2.77. The van der Waals surface area contributed by atoms with E-state index in [9.17, 15) is 10.2 Å². The van der Waals surface area contributed by atoms with E-state index in [4.69, 9.17) is 4.42 Å². The number of allylic oxidation sites excluding steroid dienone is 1. The van der Waals surface area contributed by atoms with Crippen LogP contribution in [0.2, 0.25) is 0 Å². The summed E-state index contributed by atoms with van der Waals surface area (Å²) in [5, 5.41) is 19.7. The summed E-state index contributed by atoms with van der Waals surface area (Å²) in [6.07, 6.45) is 6.81. The van der Waals surface area contributed by atoms with Crippen molar-refractivity contribution < 1.29 is 14.6 Å². The Morgan fingerprint density at radius 1 is 1.17 bits per heavy atom. The molecule has 1 heterocycles. The van der Waals surface area contributed by atoms with Crippen LogP contribution in [0.1, 0.15) is 23.6 Å². The first-order valence-electron chi connectivity index (χ1n) is 5.50. The van der Waals surface area contributed by atoms with Crippen LogP contribution in [-0.4, -0.2) is 10.2 Å². The second-order valence-electron chi connectivity index (χ2n) is 4.10. The molecule has 0 fully saturated rings. The molecule has 0 unspecified atom stereocenters. The lowest BCUT2D eigenvalue weighted by molar-refractivity contribution is 0.447. The molecule has 0 saturated heterocycles. The lowest BCUT2D eigenvalue weighted by atomic mass is 10.0. The van der Waals surface area contributed by atoms with Gasteiger partial charge in [-0.3, -0.25) is 0 Å². The van der Waals surface area contributed by atoms with Gasteiger partial charge in [-0.1, -0.05) is 18.7 Å². The van der Waals surface area contributed by atoms with Gasteiger partial charge in [0.2, 0.25) is 0 Å². The highest BCUT2D eigenvalue weighted by Gasteiger charge is 2.09. The largest absolute Gasteiger partial charge is 0.507 e. The first kappa shape index (κ1) is 12.0. The van der Waals surface area contributed by atoms with Crippen LogP contribution in [-0.2, 0) is 0 Å². The van der Waals surface area contributed by atoms with Gasteiger partial charge in [-0.15, -0.1) is 0 Å². The minimum Gasteiger partial charge on any atom is -0.507 e. The van der Waals surface area contributed by atoms with Gasteiger partial charge in [-0.05, 0) is 36.3 Å². The molecule has 0 saturated carbocycles. The molecule has 0 bridgehead atoms. The molecule has 0 aliphatic rings. The van der Waals surface area contributed by atoms with Gasteiger partial charge in [0.05, 0.1) is 18.1 Å². The summed E-state index contributed by atoms with van der Waals surface area (Å²) in [6.45, 7) is 5.44. The standard InChI is InChI=1S/C15H14O3/c1-10(2)15-13(16)7-12(8-14(15)17)4-3-11-5-6-18-9-11/h3-9,16-17H,1H2,2H3/b4-3+. The average molecular weight is 242 g/mol. The number of benzene rings is 1. The number of aromatic hydroxyl groups is 2. The van der Waals surface area contributed by atoms with Crippen LogP contribution < -0.4 is 0 Å². The van der Waals surface area contributed by atoms with Crippen molar-refractivity contribution in [3.63, 3.8) is 0 Å². The number of furan rings is 1. The van der Waals surface area contributed by atoms with Gasteiger partial charge in [0.15, 0.2) is 0 Å². The molecule has 0 radical (unpaired) electrons. The van der Waals surface area contributed by atoms with Crippen molar-refractivity contribution in [3.05, 3.63) is 54.0 Å². The van der Waals surface area contributed by atoms with Crippen LogP contribution in [0, 0.1) is 0 Å². The third kappa shape index (κ3) is 2.46. The van der Waals surface area contributed by atoms with Gasteiger partial charge >= 0.3 is 0 Å². The van der Waals surface area contributed by atoms with Gasteiger partial charge in [0, 0.05) is 5.56 Å². The molecule has 2 aromatic rings. The third-order valence-corrected chi connectivity index (χ3v) is 2.56. The summed E-state index contributed by atoms with van der Waals surface area (Å²) in [5.74, 6) is 0.0451. The maximum Gasteiger partial charge on any atom is 0.127 e. The highest BCUT2D eigenvalue weighted by Crippen LogP contribution is 2.34. The minimum atomic E-state index is 0.0225. The zero-order chi connectivity index (χ0) is 13.1. The van der Waals surface area contributed by atoms with Gasteiger partial charge < -0.3 is 14.6 Å². The van der Waals surface area contributed by atoms with Crippen LogP contribution >= 0.6 is 0 Å². The van der Waals surface area contributed by atoms with Gasteiger partial charge in [0.1, 0.15) is 11.5 Å². The fourth-order valence-electron chi connectivity index (χ4n) is 1.73. The zero-order valence-electron chi connectivity index (χ0n) is 10.1. The molecule has 0 aliphatic carbocycles. The quantitative estimate of drug-likeness (QED) is 0.858. The van der Waals surface area contributed by atoms with Crippen LogP contribution in [0.25, 0.3) is 17.7 Å². The molecule has 3 heteroatoms. The fourth-order valence-corrected chi connectivity index (χ4v) is 1.73. The van der Waals surface area contributed by atoms with E-state index in [1.165, 1.54) is 0 Å². The summed E-state index contributed by atoms with van der Waals surface area (Å²) in [7, 11) is 0.